The van der Waals surface area contributed by atoms with Gasteiger partial charge in [0.2, 0.25) is 5.91 Å². The van der Waals surface area contributed by atoms with Crippen LogP contribution in [-0.2, 0) is 11.2 Å². The fraction of sp³-hybridized carbons (Fsp3) is 0.111. The summed E-state index contributed by atoms with van der Waals surface area (Å²) in [7, 11) is 0. The number of anilines is 1. The van der Waals surface area contributed by atoms with E-state index >= 15 is 0 Å². The van der Waals surface area contributed by atoms with Crippen molar-refractivity contribution in [2.75, 3.05) is 5.32 Å². The summed E-state index contributed by atoms with van der Waals surface area (Å²) in [4.78, 5) is 16.0. The van der Waals surface area contributed by atoms with Crippen LogP contribution in [0.1, 0.15) is 12.3 Å². The average Bonchev–Trinajstić information content (AvgIpc) is 3.06. The highest BCUT2D eigenvalue weighted by Gasteiger charge is 2.10. The number of halogens is 3. The van der Waals surface area contributed by atoms with Crippen molar-refractivity contribution in [1.82, 2.24) is 4.98 Å². The minimum Gasteiger partial charge on any atom is -0.441 e. The SMILES string of the molecule is O=C(CCc1ncc(-c2ccc(F)cc2)o1)Nc1ccc(Cl)c(F)c1. The molecule has 0 aliphatic rings. The lowest BCUT2D eigenvalue weighted by atomic mass is 10.2. The Labute approximate surface area is 147 Å². The van der Waals surface area contributed by atoms with Crippen molar-refractivity contribution in [3.05, 3.63) is 71.2 Å². The van der Waals surface area contributed by atoms with Crippen molar-refractivity contribution in [3.8, 4) is 11.3 Å². The Hall–Kier alpha value is -2.73. The second kappa shape index (κ2) is 7.44. The number of hydrogen-bond donors (Lipinski definition) is 1. The van der Waals surface area contributed by atoms with Gasteiger partial charge in [-0.25, -0.2) is 13.8 Å². The summed E-state index contributed by atoms with van der Waals surface area (Å²) < 4.78 is 31.8. The fourth-order valence-corrected chi connectivity index (χ4v) is 2.31. The Morgan fingerprint density at radius 1 is 1.16 bits per heavy atom. The Morgan fingerprint density at radius 2 is 1.92 bits per heavy atom. The molecule has 3 aromatic rings. The molecule has 0 fully saturated rings. The van der Waals surface area contributed by atoms with Crippen LogP contribution < -0.4 is 5.32 Å². The summed E-state index contributed by atoms with van der Waals surface area (Å²) in [6.07, 6.45) is 1.92. The molecule has 0 radical (unpaired) electrons. The second-order valence-corrected chi connectivity index (χ2v) is 5.71. The maximum atomic E-state index is 13.3. The van der Waals surface area contributed by atoms with Gasteiger partial charge in [-0.05, 0) is 42.5 Å². The average molecular weight is 363 g/mol. The molecular weight excluding hydrogens is 350 g/mol. The van der Waals surface area contributed by atoms with Crippen LogP contribution in [0.3, 0.4) is 0 Å². The normalized spacial score (nSPS) is 10.7. The van der Waals surface area contributed by atoms with E-state index < -0.39 is 5.82 Å². The first kappa shape index (κ1) is 17.1. The number of oxazole rings is 1. The van der Waals surface area contributed by atoms with Crippen LogP contribution in [0, 0.1) is 11.6 Å². The quantitative estimate of drug-likeness (QED) is 0.706. The molecule has 1 heterocycles. The molecule has 0 spiro atoms. The number of hydrogen-bond acceptors (Lipinski definition) is 3. The topological polar surface area (TPSA) is 55.1 Å². The number of carbonyl (C=O) groups is 1. The third-order valence-electron chi connectivity index (χ3n) is 3.45. The van der Waals surface area contributed by atoms with Crippen molar-refractivity contribution in [2.45, 2.75) is 12.8 Å². The lowest BCUT2D eigenvalue weighted by molar-refractivity contribution is -0.116. The maximum absolute atomic E-state index is 13.3. The van der Waals surface area contributed by atoms with Crippen LogP contribution in [0.5, 0.6) is 0 Å². The van der Waals surface area contributed by atoms with Crippen molar-refractivity contribution in [3.63, 3.8) is 0 Å². The van der Waals surface area contributed by atoms with E-state index in [-0.39, 0.29) is 29.6 Å². The molecule has 1 aromatic heterocycles. The smallest absolute Gasteiger partial charge is 0.224 e. The monoisotopic (exact) mass is 362 g/mol. The van der Waals surface area contributed by atoms with Gasteiger partial charge >= 0.3 is 0 Å². The predicted octanol–water partition coefficient (Wildman–Crippen LogP) is 4.84. The zero-order valence-corrected chi connectivity index (χ0v) is 13.7. The number of nitrogens with one attached hydrogen (secondary N) is 1. The van der Waals surface area contributed by atoms with Crippen LogP contribution in [0.4, 0.5) is 14.5 Å². The molecule has 1 N–H and O–H groups in total. The van der Waals surface area contributed by atoms with E-state index in [2.05, 4.69) is 10.3 Å². The number of aromatic nitrogens is 1. The van der Waals surface area contributed by atoms with E-state index in [1.165, 1.54) is 30.5 Å². The molecule has 0 saturated carbocycles. The summed E-state index contributed by atoms with van der Waals surface area (Å²) in [5.41, 5.74) is 1.02. The zero-order valence-electron chi connectivity index (χ0n) is 12.9. The molecule has 0 aliphatic carbocycles. The minimum absolute atomic E-state index is 0.00823. The summed E-state index contributed by atoms with van der Waals surface area (Å²) >= 11 is 5.59. The minimum atomic E-state index is -0.601. The molecule has 0 atom stereocenters. The first-order valence-electron chi connectivity index (χ1n) is 7.47. The third-order valence-corrected chi connectivity index (χ3v) is 3.76. The van der Waals surface area contributed by atoms with Gasteiger partial charge in [0.15, 0.2) is 11.7 Å². The highest BCUT2D eigenvalue weighted by atomic mass is 35.5. The molecule has 0 bridgehead atoms. The molecule has 3 rings (SSSR count). The fourth-order valence-electron chi connectivity index (χ4n) is 2.19. The van der Waals surface area contributed by atoms with Crippen molar-refractivity contribution >= 4 is 23.2 Å². The first-order valence-corrected chi connectivity index (χ1v) is 7.84. The lowest BCUT2D eigenvalue weighted by Crippen LogP contribution is -2.12. The van der Waals surface area contributed by atoms with Gasteiger partial charge < -0.3 is 9.73 Å². The van der Waals surface area contributed by atoms with Crippen LogP contribution in [0.2, 0.25) is 5.02 Å². The maximum Gasteiger partial charge on any atom is 0.224 e. The second-order valence-electron chi connectivity index (χ2n) is 5.30. The van der Waals surface area contributed by atoms with Gasteiger partial charge in [-0.15, -0.1) is 0 Å². The van der Waals surface area contributed by atoms with E-state index in [0.29, 0.717) is 22.9 Å². The summed E-state index contributed by atoms with van der Waals surface area (Å²) in [6, 6.07) is 9.87. The van der Waals surface area contributed by atoms with Gasteiger partial charge in [-0.2, -0.15) is 0 Å². The number of carbonyl (C=O) groups excluding carboxylic acids is 1. The molecule has 25 heavy (non-hydrogen) atoms. The molecule has 7 heteroatoms. The third kappa shape index (κ3) is 4.42. The Morgan fingerprint density at radius 3 is 2.64 bits per heavy atom. The van der Waals surface area contributed by atoms with Gasteiger partial charge in [0.1, 0.15) is 11.6 Å². The first-order chi connectivity index (χ1) is 12.0. The lowest BCUT2D eigenvalue weighted by Gasteiger charge is -2.05. The highest BCUT2D eigenvalue weighted by Crippen LogP contribution is 2.22. The summed E-state index contributed by atoms with van der Waals surface area (Å²) in [5.74, 6) is -0.356. The highest BCUT2D eigenvalue weighted by molar-refractivity contribution is 6.30. The number of amides is 1. The van der Waals surface area contributed by atoms with Gasteiger partial charge in [0.25, 0.3) is 0 Å². The van der Waals surface area contributed by atoms with Gasteiger partial charge in [0.05, 0.1) is 11.2 Å². The number of benzene rings is 2. The van der Waals surface area contributed by atoms with Gasteiger partial charge in [-0.3, -0.25) is 4.79 Å². The Balaban J connectivity index is 1.57. The van der Waals surface area contributed by atoms with Crippen molar-refractivity contribution in [2.24, 2.45) is 0 Å². The number of rotatable bonds is 5. The Kier molecular flexibility index (Phi) is 5.09. The number of nitrogens with zero attached hydrogens (tertiary/aromatic N) is 1. The molecule has 4 nitrogen and oxygen atoms in total. The largest absolute Gasteiger partial charge is 0.441 e. The van der Waals surface area contributed by atoms with Crippen LogP contribution >= 0.6 is 11.6 Å². The van der Waals surface area contributed by atoms with E-state index in [9.17, 15) is 13.6 Å². The Bertz CT molecular complexity index is 894. The molecule has 1 amide bonds. The molecule has 0 unspecified atom stereocenters. The van der Waals surface area contributed by atoms with Gasteiger partial charge in [-0.1, -0.05) is 11.6 Å². The van der Waals surface area contributed by atoms with E-state index in [0.717, 1.165) is 6.07 Å². The van der Waals surface area contributed by atoms with Crippen molar-refractivity contribution < 1.29 is 18.0 Å². The van der Waals surface area contributed by atoms with E-state index in [4.69, 9.17) is 16.0 Å². The molecule has 0 saturated heterocycles. The summed E-state index contributed by atoms with van der Waals surface area (Å²) in [6.45, 7) is 0. The van der Waals surface area contributed by atoms with Crippen LogP contribution in [-0.4, -0.2) is 10.9 Å². The predicted molar refractivity (Wildman–Crippen MR) is 90.3 cm³/mol. The van der Waals surface area contributed by atoms with E-state index in [1.807, 2.05) is 0 Å². The molecule has 2 aromatic carbocycles. The zero-order chi connectivity index (χ0) is 17.8. The van der Waals surface area contributed by atoms with Crippen molar-refractivity contribution in [1.29, 1.82) is 0 Å². The number of aryl methyl sites for hydroxylation is 1. The molecule has 128 valence electrons. The summed E-state index contributed by atoms with van der Waals surface area (Å²) in [5, 5.41) is 2.57. The van der Waals surface area contributed by atoms with Crippen LogP contribution in [0.15, 0.2) is 53.1 Å². The van der Waals surface area contributed by atoms with E-state index in [1.54, 1.807) is 12.1 Å². The standard InChI is InChI=1S/C18H13ClF2N2O2/c19-14-6-5-13(9-15(14)21)23-17(24)7-8-18-22-10-16(25-18)11-1-3-12(20)4-2-11/h1-6,9-10H,7-8H2,(H,23,24). The van der Waals surface area contributed by atoms with Gasteiger partial charge in [0, 0.05) is 24.1 Å². The molecular formula is C18H13ClF2N2O2. The molecule has 0 aliphatic heterocycles. The van der Waals surface area contributed by atoms with Crippen LogP contribution in [0.25, 0.3) is 11.3 Å².